The summed E-state index contributed by atoms with van der Waals surface area (Å²) in [5, 5.41) is 8.35. The van der Waals surface area contributed by atoms with Gasteiger partial charge >= 0.3 is 5.97 Å². The highest BCUT2D eigenvalue weighted by atomic mass is 16.7. The highest BCUT2D eigenvalue weighted by Crippen LogP contribution is 2.22. The van der Waals surface area contributed by atoms with Crippen molar-refractivity contribution in [3.05, 3.63) is 35.4 Å². The molecule has 0 fully saturated rings. The molecule has 0 aliphatic carbocycles. The van der Waals surface area contributed by atoms with Crippen LogP contribution in [0.3, 0.4) is 0 Å². The normalized spacial score (nSPS) is 11.1. The number of benzene rings is 1. The summed E-state index contributed by atoms with van der Waals surface area (Å²) in [5.74, 6) is -1.60. The number of hydrogen-bond acceptors (Lipinski definition) is 3. The van der Waals surface area contributed by atoms with Crippen LogP contribution in [0, 0.1) is 0 Å². The Hall–Kier alpha value is -1.88. The van der Waals surface area contributed by atoms with Crippen LogP contribution in [0.4, 0.5) is 0 Å². The van der Waals surface area contributed by atoms with Crippen molar-refractivity contribution in [3.8, 4) is 0 Å². The van der Waals surface area contributed by atoms with E-state index in [1.165, 1.54) is 0 Å². The molecule has 5 heteroatoms. The van der Waals surface area contributed by atoms with Gasteiger partial charge in [0.1, 0.15) is 0 Å². The summed E-state index contributed by atoms with van der Waals surface area (Å²) in [7, 11) is 0. The van der Waals surface area contributed by atoms with Gasteiger partial charge in [0.2, 0.25) is 0 Å². The fourth-order valence-electron chi connectivity index (χ4n) is 1.34. The maximum absolute atomic E-state index is 11.6. The lowest BCUT2D eigenvalue weighted by molar-refractivity contribution is -0.144. The average molecular weight is 251 g/mol. The fraction of sp³-hybridized carbons (Fsp3) is 0.385. The lowest BCUT2D eigenvalue weighted by atomic mass is 9.87. The molecule has 1 aromatic rings. The van der Waals surface area contributed by atoms with Gasteiger partial charge in [-0.05, 0) is 23.1 Å². The minimum atomic E-state index is -1.14. The Balaban J connectivity index is 2.62. The monoisotopic (exact) mass is 251 g/mol. The second kappa shape index (κ2) is 5.64. The largest absolute Gasteiger partial charge is 0.479 e. The minimum absolute atomic E-state index is 0.0226. The zero-order chi connectivity index (χ0) is 13.8. The number of carbonyl (C=O) groups is 2. The van der Waals surface area contributed by atoms with Crippen LogP contribution in [-0.2, 0) is 15.0 Å². The maximum Gasteiger partial charge on any atom is 0.332 e. The Kier molecular flexibility index (Phi) is 4.44. The van der Waals surface area contributed by atoms with Crippen molar-refractivity contribution in [1.82, 2.24) is 5.48 Å². The molecule has 5 nitrogen and oxygen atoms in total. The van der Waals surface area contributed by atoms with Gasteiger partial charge in [0, 0.05) is 5.56 Å². The van der Waals surface area contributed by atoms with Gasteiger partial charge in [0.15, 0.2) is 6.61 Å². The van der Waals surface area contributed by atoms with E-state index in [-0.39, 0.29) is 5.41 Å². The summed E-state index contributed by atoms with van der Waals surface area (Å²) >= 11 is 0. The Morgan fingerprint density at radius 1 is 1.22 bits per heavy atom. The number of carboxylic acids is 1. The number of nitrogens with one attached hydrogen (secondary N) is 1. The van der Waals surface area contributed by atoms with Gasteiger partial charge in [0.25, 0.3) is 5.91 Å². The number of amides is 1. The number of hydrogen-bond donors (Lipinski definition) is 2. The van der Waals surface area contributed by atoms with E-state index in [9.17, 15) is 9.59 Å². The van der Waals surface area contributed by atoms with Gasteiger partial charge < -0.3 is 5.11 Å². The standard InChI is InChI=1S/C13H17NO4/c1-13(2,3)10-6-4-9(5-7-10)12(17)14-18-8-11(15)16/h4-7H,8H2,1-3H3,(H,14,17)(H,15,16). The van der Waals surface area contributed by atoms with Crippen LogP contribution in [0.25, 0.3) is 0 Å². The van der Waals surface area contributed by atoms with Crippen LogP contribution >= 0.6 is 0 Å². The third-order valence-electron chi connectivity index (χ3n) is 2.37. The molecule has 18 heavy (non-hydrogen) atoms. The van der Waals surface area contributed by atoms with E-state index in [0.29, 0.717) is 5.56 Å². The van der Waals surface area contributed by atoms with Crippen LogP contribution in [0.15, 0.2) is 24.3 Å². The van der Waals surface area contributed by atoms with Crippen molar-refractivity contribution in [1.29, 1.82) is 0 Å². The smallest absolute Gasteiger partial charge is 0.332 e. The van der Waals surface area contributed by atoms with E-state index in [1.54, 1.807) is 12.1 Å². The van der Waals surface area contributed by atoms with Gasteiger partial charge in [-0.15, -0.1) is 0 Å². The molecule has 1 aromatic carbocycles. The molecule has 98 valence electrons. The maximum atomic E-state index is 11.6. The lowest BCUT2D eigenvalue weighted by Gasteiger charge is -2.18. The first-order valence-corrected chi connectivity index (χ1v) is 5.55. The molecular formula is C13H17NO4. The van der Waals surface area contributed by atoms with Gasteiger partial charge in [-0.3, -0.25) is 9.63 Å². The van der Waals surface area contributed by atoms with Crippen molar-refractivity contribution < 1.29 is 19.5 Å². The second-order valence-corrected chi connectivity index (χ2v) is 4.94. The van der Waals surface area contributed by atoms with E-state index in [4.69, 9.17) is 5.11 Å². The lowest BCUT2D eigenvalue weighted by Crippen LogP contribution is -2.26. The fourth-order valence-corrected chi connectivity index (χ4v) is 1.34. The van der Waals surface area contributed by atoms with Crippen LogP contribution in [-0.4, -0.2) is 23.6 Å². The molecule has 2 N–H and O–H groups in total. The zero-order valence-electron chi connectivity index (χ0n) is 10.7. The van der Waals surface area contributed by atoms with E-state index >= 15 is 0 Å². The number of aliphatic carboxylic acids is 1. The van der Waals surface area contributed by atoms with E-state index in [2.05, 4.69) is 31.1 Å². The van der Waals surface area contributed by atoms with Crippen LogP contribution in [0.2, 0.25) is 0 Å². The van der Waals surface area contributed by atoms with Gasteiger partial charge in [-0.25, -0.2) is 10.3 Å². The predicted molar refractivity (Wildman–Crippen MR) is 66.2 cm³/mol. The summed E-state index contributed by atoms with van der Waals surface area (Å²) in [6.45, 7) is 5.68. The first-order valence-electron chi connectivity index (χ1n) is 5.55. The molecule has 0 saturated heterocycles. The van der Waals surface area contributed by atoms with Crippen LogP contribution in [0.5, 0.6) is 0 Å². The predicted octanol–water partition coefficient (Wildman–Crippen LogP) is 1.73. The van der Waals surface area contributed by atoms with Crippen molar-refractivity contribution in [2.45, 2.75) is 26.2 Å². The molecule has 0 spiro atoms. The average Bonchev–Trinajstić information content (AvgIpc) is 2.27. The number of hydroxylamine groups is 1. The van der Waals surface area contributed by atoms with Gasteiger partial charge in [-0.1, -0.05) is 32.9 Å². The third kappa shape index (κ3) is 4.18. The Morgan fingerprint density at radius 3 is 2.22 bits per heavy atom. The molecule has 0 saturated carbocycles. The van der Waals surface area contributed by atoms with Crippen LogP contribution in [0.1, 0.15) is 36.7 Å². The molecule has 1 amide bonds. The first kappa shape index (κ1) is 14.2. The summed E-state index contributed by atoms with van der Waals surface area (Å²) in [4.78, 5) is 26.3. The highest BCUT2D eigenvalue weighted by molar-refractivity contribution is 5.93. The third-order valence-corrected chi connectivity index (χ3v) is 2.37. The molecule has 0 heterocycles. The summed E-state index contributed by atoms with van der Waals surface area (Å²) in [6.07, 6.45) is 0. The Labute approximate surface area is 106 Å². The molecule has 0 aliphatic heterocycles. The SMILES string of the molecule is CC(C)(C)c1ccc(C(=O)NOCC(=O)O)cc1. The number of carbonyl (C=O) groups excluding carboxylic acids is 1. The molecule has 0 aromatic heterocycles. The van der Waals surface area contributed by atoms with Crippen molar-refractivity contribution in [2.24, 2.45) is 0 Å². The number of rotatable bonds is 4. The quantitative estimate of drug-likeness (QED) is 0.799. The summed E-state index contributed by atoms with van der Waals surface area (Å²) in [5.41, 5.74) is 3.63. The molecule has 0 atom stereocenters. The topological polar surface area (TPSA) is 75.6 Å². The van der Waals surface area contributed by atoms with Gasteiger partial charge in [0.05, 0.1) is 0 Å². The van der Waals surface area contributed by atoms with Crippen molar-refractivity contribution in [3.63, 3.8) is 0 Å². The van der Waals surface area contributed by atoms with Gasteiger partial charge in [-0.2, -0.15) is 0 Å². The molecule has 0 aliphatic rings. The minimum Gasteiger partial charge on any atom is -0.479 e. The highest BCUT2D eigenvalue weighted by Gasteiger charge is 2.14. The Morgan fingerprint density at radius 2 is 1.78 bits per heavy atom. The van der Waals surface area contributed by atoms with E-state index in [1.807, 2.05) is 12.1 Å². The molecule has 1 rings (SSSR count). The molecule has 0 radical (unpaired) electrons. The molecule has 0 unspecified atom stereocenters. The van der Waals surface area contributed by atoms with Crippen molar-refractivity contribution >= 4 is 11.9 Å². The summed E-state index contributed by atoms with van der Waals surface area (Å²) < 4.78 is 0. The van der Waals surface area contributed by atoms with E-state index in [0.717, 1.165) is 5.56 Å². The summed E-state index contributed by atoms with van der Waals surface area (Å²) in [6, 6.07) is 7.10. The van der Waals surface area contributed by atoms with Crippen molar-refractivity contribution in [2.75, 3.05) is 6.61 Å². The Bertz CT molecular complexity index is 431. The molecular weight excluding hydrogens is 234 g/mol. The van der Waals surface area contributed by atoms with Crippen LogP contribution < -0.4 is 5.48 Å². The second-order valence-electron chi connectivity index (χ2n) is 4.94. The molecule has 0 bridgehead atoms. The number of carboxylic acid groups (broad SMARTS) is 1. The van der Waals surface area contributed by atoms with E-state index < -0.39 is 18.5 Å². The first-order chi connectivity index (χ1) is 8.30. The zero-order valence-corrected chi connectivity index (χ0v) is 10.7.